The second-order valence-corrected chi connectivity index (χ2v) is 6.14. The number of carbonyl (C=O) groups excluding carboxylic acids is 1. The zero-order valence-corrected chi connectivity index (χ0v) is 10.7. The maximum atomic E-state index is 12.2. The molecule has 0 aromatic rings. The molecule has 1 saturated heterocycles. The molecule has 5 heteroatoms. The van der Waals surface area contributed by atoms with Crippen molar-refractivity contribution in [1.29, 1.82) is 0 Å². The van der Waals surface area contributed by atoms with Gasteiger partial charge in [0.1, 0.15) is 0 Å². The number of aliphatic hydroxyl groups is 1. The fourth-order valence-electron chi connectivity index (χ4n) is 2.93. The number of rotatable bonds is 1. The van der Waals surface area contributed by atoms with E-state index < -0.39 is 6.10 Å². The van der Waals surface area contributed by atoms with Gasteiger partial charge in [0.2, 0.25) is 0 Å². The Kier molecular flexibility index (Phi) is 3.13. The molecule has 17 heavy (non-hydrogen) atoms. The van der Waals surface area contributed by atoms with E-state index in [1.807, 2.05) is 0 Å². The van der Waals surface area contributed by atoms with Crippen molar-refractivity contribution in [3.8, 4) is 0 Å². The minimum Gasteiger partial charge on any atom is -0.391 e. The van der Waals surface area contributed by atoms with Gasteiger partial charge in [-0.15, -0.1) is 0 Å². The molecule has 1 amide bonds. The van der Waals surface area contributed by atoms with Crippen molar-refractivity contribution < 1.29 is 9.90 Å². The van der Waals surface area contributed by atoms with Crippen LogP contribution in [-0.4, -0.2) is 45.4 Å². The Morgan fingerprint density at radius 1 is 1.29 bits per heavy atom. The van der Waals surface area contributed by atoms with Crippen LogP contribution >= 0.6 is 11.8 Å². The van der Waals surface area contributed by atoms with Crippen molar-refractivity contribution in [2.24, 2.45) is 11.0 Å². The van der Waals surface area contributed by atoms with Gasteiger partial charge in [0.05, 0.1) is 23.8 Å². The Hall–Kier alpha value is -0.550. The number of thioether (sulfide) groups is 1. The Bertz CT molecular complexity index is 358. The molecule has 0 spiro atoms. The summed E-state index contributed by atoms with van der Waals surface area (Å²) < 4.78 is 0. The van der Waals surface area contributed by atoms with Gasteiger partial charge in [-0.25, -0.2) is 5.01 Å². The summed E-state index contributed by atoms with van der Waals surface area (Å²) >= 11 is 1.78. The van der Waals surface area contributed by atoms with Crippen molar-refractivity contribution in [2.45, 2.75) is 44.2 Å². The van der Waals surface area contributed by atoms with Crippen molar-refractivity contribution in [1.82, 2.24) is 5.01 Å². The highest BCUT2D eigenvalue weighted by molar-refractivity contribution is 8.00. The zero-order valence-electron chi connectivity index (χ0n) is 9.84. The van der Waals surface area contributed by atoms with Crippen LogP contribution in [0.3, 0.4) is 0 Å². The van der Waals surface area contributed by atoms with E-state index in [1.54, 1.807) is 16.8 Å². The molecule has 1 N–H and O–H groups in total. The van der Waals surface area contributed by atoms with E-state index in [2.05, 4.69) is 5.10 Å². The van der Waals surface area contributed by atoms with Crippen LogP contribution in [0, 0.1) is 5.92 Å². The Labute approximate surface area is 105 Å². The number of aliphatic hydroxyl groups excluding tert-OH is 1. The number of nitrogens with zero attached hydrogens (tertiary/aromatic N) is 2. The minimum atomic E-state index is -0.391. The van der Waals surface area contributed by atoms with E-state index in [4.69, 9.17) is 0 Å². The summed E-state index contributed by atoms with van der Waals surface area (Å²) in [5.41, 5.74) is 1.02. The molecule has 3 rings (SSSR count). The predicted molar refractivity (Wildman–Crippen MR) is 68.0 cm³/mol. The molecule has 2 heterocycles. The summed E-state index contributed by atoms with van der Waals surface area (Å²) in [6.45, 7) is 0. The van der Waals surface area contributed by atoms with Crippen LogP contribution in [0.4, 0.5) is 0 Å². The van der Waals surface area contributed by atoms with E-state index >= 15 is 0 Å². The fourth-order valence-corrected chi connectivity index (χ4v) is 4.09. The zero-order chi connectivity index (χ0) is 11.8. The van der Waals surface area contributed by atoms with Gasteiger partial charge in [-0.3, -0.25) is 4.79 Å². The molecule has 4 nitrogen and oxygen atoms in total. The Balaban J connectivity index is 1.79. The standard InChI is InChI=1S/C12H18N2O2S/c15-11-5-3-1-2-4-10(11)14-12(16)8-6-17-7-9(8)13-14/h8,10-11,15H,1-7H2. The molecule has 0 aromatic heterocycles. The summed E-state index contributed by atoms with van der Waals surface area (Å²) in [5.74, 6) is 1.89. The molecule has 0 aromatic carbocycles. The quantitative estimate of drug-likeness (QED) is 0.716. The van der Waals surface area contributed by atoms with E-state index in [0.29, 0.717) is 0 Å². The number of hydrazone groups is 1. The van der Waals surface area contributed by atoms with Crippen LogP contribution in [0.25, 0.3) is 0 Å². The first-order valence-corrected chi connectivity index (χ1v) is 7.59. The van der Waals surface area contributed by atoms with Crippen molar-refractivity contribution in [3.05, 3.63) is 0 Å². The molecule has 3 aliphatic rings. The van der Waals surface area contributed by atoms with Crippen LogP contribution in [-0.2, 0) is 4.79 Å². The third kappa shape index (κ3) is 1.99. The van der Waals surface area contributed by atoms with Crippen LogP contribution in [0.1, 0.15) is 32.1 Å². The minimum absolute atomic E-state index is 0.00968. The predicted octanol–water partition coefficient (Wildman–Crippen LogP) is 1.24. The van der Waals surface area contributed by atoms with E-state index in [-0.39, 0.29) is 17.9 Å². The molecule has 0 bridgehead atoms. The van der Waals surface area contributed by atoms with Gasteiger partial charge in [-0.1, -0.05) is 19.3 Å². The first-order chi connectivity index (χ1) is 8.27. The lowest BCUT2D eigenvalue weighted by Crippen LogP contribution is -2.43. The number of carbonyl (C=O) groups is 1. The second-order valence-electron chi connectivity index (χ2n) is 5.11. The van der Waals surface area contributed by atoms with E-state index in [0.717, 1.165) is 49.3 Å². The summed E-state index contributed by atoms with van der Waals surface area (Å²) in [6, 6.07) is -0.0758. The number of amides is 1. The van der Waals surface area contributed by atoms with Crippen molar-refractivity contribution in [3.63, 3.8) is 0 Å². The lowest BCUT2D eigenvalue weighted by atomic mass is 10.0. The van der Waals surface area contributed by atoms with Gasteiger partial charge in [0.15, 0.2) is 0 Å². The molecular weight excluding hydrogens is 236 g/mol. The average molecular weight is 254 g/mol. The van der Waals surface area contributed by atoms with Crippen LogP contribution in [0.2, 0.25) is 0 Å². The molecule has 2 aliphatic heterocycles. The average Bonchev–Trinajstić information content (AvgIpc) is 2.81. The Morgan fingerprint density at radius 3 is 2.94 bits per heavy atom. The smallest absolute Gasteiger partial charge is 0.252 e. The van der Waals surface area contributed by atoms with Gasteiger partial charge in [0.25, 0.3) is 5.91 Å². The molecular formula is C12H18N2O2S. The van der Waals surface area contributed by atoms with Crippen molar-refractivity contribution >= 4 is 23.4 Å². The highest BCUT2D eigenvalue weighted by atomic mass is 32.2. The van der Waals surface area contributed by atoms with Gasteiger partial charge in [-0.05, 0) is 12.8 Å². The second kappa shape index (κ2) is 4.61. The first kappa shape index (κ1) is 11.5. The monoisotopic (exact) mass is 254 g/mol. The third-order valence-electron chi connectivity index (χ3n) is 3.95. The SMILES string of the molecule is O=C1C2CSCC2=NN1C1CCCCCC1O. The summed E-state index contributed by atoms with van der Waals surface area (Å²) in [4.78, 5) is 12.2. The molecule has 94 valence electrons. The van der Waals surface area contributed by atoms with Gasteiger partial charge < -0.3 is 5.11 Å². The van der Waals surface area contributed by atoms with Gasteiger partial charge in [0, 0.05) is 11.5 Å². The normalized spacial score (nSPS) is 37.9. The summed E-state index contributed by atoms with van der Waals surface area (Å²) in [7, 11) is 0. The number of hydrogen-bond acceptors (Lipinski definition) is 4. The molecule has 1 aliphatic carbocycles. The van der Waals surface area contributed by atoms with Gasteiger partial charge in [-0.2, -0.15) is 16.9 Å². The van der Waals surface area contributed by atoms with Gasteiger partial charge >= 0.3 is 0 Å². The molecule has 0 radical (unpaired) electrons. The molecule has 1 saturated carbocycles. The summed E-state index contributed by atoms with van der Waals surface area (Å²) in [5, 5.41) is 16.2. The molecule has 3 unspecified atom stereocenters. The summed E-state index contributed by atoms with van der Waals surface area (Å²) in [6.07, 6.45) is 4.62. The van der Waals surface area contributed by atoms with Crippen LogP contribution in [0.5, 0.6) is 0 Å². The topological polar surface area (TPSA) is 52.9 Å². The van der Waals surface area contributed by atoms with E-state index in [9.17, 15) is 9.90 Å². The molecule has 3 atom stereocenters. The highest BCUT2D eigenvalue weighted by Gasteiger charge is 2.43. The Morgan fingerprint density at radius 2 is 2.12 bits per heavy atom. The highest BCUT2D eigenvalue weighted by Crippen LogP contribution is 2.33. The largest absolute Gasteiger partial charge is 0.391 e. The maximum absolute atomic E-state index is 12.2. The third-order valence-corrected chi connectivity index (χ3v) is 5.02. The fraction of sp³-hybridized carbons (Fsp3) is 0.833. The number of fused-ring (bicyclic) bond motifs is 1. The van der Waals surface area contributed by atoms with Crippen LogP contribution in [0.15, 0.2) is 5.10 Å². The lowest BCUT2D eigenvalue weighted by Gasteiger charge is -2.28. The lowest BCUT2D eigenvalue weighted by molar-refractivity contribution is -0.136. The van der Waals surface area contributed by atoms with Crippen molar-refractivity contribution in [2.75, 3.05) is 11.5 Å². The molecule has 2 fully saturated rings. The first-order valence-electron chi connectivity index (χ1n) is 6.43. The van der Waals surface area contributed by atoms with Crippen LogP contribution < -0.4 is 0 Å². The number of hydrogen-bond donors (Lipinski definition) is 1. The van der Waals surface area contributed by atoms with E-state index in [1.165, 1.54) is 0 Å². The maximum Gasteiger partial charge on any atom is 0.252 e.